The first kappa shape index (κ1) is 13.4. The number of piperidine rings is 2. The normalized spacial score (nSPS) is 21.9. The molecule has 20 heavy (non-hydrogen) atoms. The van der Waals surface area contributed by atoms with Gasteiger partial charge in [0.25, 0.3) is 5.91 Å². The van der Waals surface area contributed by atoms with Crippen molar-refractivity contribution in [3.05, 3.63) is 24.0 Å². The van der Waals surface area contributed by atoms with Crippen molar-refractivity contribution in [2.75, 3.05) is 26.2 Å². The fraction of sp³-hybridized carbons (Fsp3) is 0.600. The number of carbonyl (C=O) groups excluding carboxylic acids is 1. The second-order valence-electron chi connectivity index (χ2n) is 5.91. The summed E-state index contributed by atoms with van der Waals surface area (Å²) in [5, 5.41) is 13.1. The first-order valence-corrected chi connectivity index (χ1v) is 7.34. The summed E-state index contributed by atoms with van der Waals surface area (Å²) in [6.07, 6.45) is 6.10. The van der Waals surface area contributed by atoms with Crippen LogP contribution in [0.3, 0.4) is 0 Å². The molecule has 5 nitrogen and oxygen atoms in total. The zero-order valence-electron chi connectivity index (χ0n) is 11.6. The van der Waals surface area contributed by atoms with Gasteiger partial charge in [-0.2, -0.15) is 0 Å². The second kappa shape index (κ2) is 5.40. The molecule has 2 N–H and O–H groups in total. The summed E-state index contributed by atoms with van der Waals surface area (Å²) in [4.78, 5) is 18.2. The van der Waals surface area contributed by atoms with Gasteiger partial charge in [-0.05, 0) is 56.3 Å². The van der Waals surface area contributed by atoms with Crippen LogP contribution in [0, 0.1) is 5.41 Å². The fourth-order valence-electron chi connectivity index (χ4n) is 3.35. The molecule has 0 aliphatic carbocycles. The molecule has 3 heterocycles. The number of nitrogens with zero attached hydrogens (tertiary/aromatic N) is 2. The molecule has 1 spiro atoms. The molecule has 0 atom stereocenters. The van der Waals surface area contributed by atoms with E-state index >= 15 is 0 Å². The number of nitrogens with one attached hydrogen (secondary N) is 1. The summed E-state index contributed by atoms with van der Waals surface area (Å²) in [6, 6.07) is 3.14. The molecule has 0 unspecified atom stereocenters. The van der Waals surface area contributed by atoms with Gasteiger partial charge in [0, 0.05) is 19.3 Å². The van der Waals surface area contributed by atoms with Gasteiger partial charge >= 0.3 is 0 Å². The molecule has 2 aliphatic rings. The Morgan fingerprint density at radius 3 is 2.60 bits per heavy atom. The third-order valence-corrected chi connectivity index (χ3v) is 4.76. The minimum absolute atomic E-state index is 0.0281. The third kappa shape index (κ3) is 2.50. The van der Waals surface area contributed by atoms with Crippen LogP contribution in [0.25, 0.3) is 0 Å². The standard InChI is InChI=1S/C15H21N3O2/c19-12-2-1-7-17-13(12)14(20)18-10-5-15(6-11-18)3-8-16-9-4-15/h1-2,7,16,19H,3-6,8-11H2. The van der Waals surface area contributed by atoms with Gasteiger partial charge in [0.1, 0.15) is 5.75 Å². The van der Waals surface area contributed by atoms with Gasteiger partial charge in [-0.25, -0.2) is 4.98 Å². The Balaban J connectivity index is 1.66. The Morgan fingerprint density at radius 2 is 1.95 bits per heavy atom. The van der Waals surface area contributed by atoms with E-state index in [0.29, 0.717) is 5.41 Å². The lowest BCUT2D eigenvalue weighted by Gasteiger charge is -2.44. The Morgan fingerprint density at radius 1 is 1.25 bits per heavy atom. The molecule has 1 amide bonds. The first-order chi connectivity index (χ1) is 9.70. The van der Waals surface area contributed by atoms with Gasteiger partial charge in [0.05, 0.1) is 0 Å². The Labute approximate surface area is 119 Å². The van der Waals surface area contributed by atoms with Crippen LogP contribution in [-0.4, -0.2) is 47.1 Å². The van der Waals surface area contributed by atoms with E-state index in [4.69, 9.17) is 0 Å². The van der Waals surface area contributed by atoms with Crippen molar-refractivity contribution in [3.8, 4) is 5.75 Å². The molecule has 1 aromatic rings. The zero-order chi connectivity index (χ0) is 14.0. The molecular weight excluding hydrogens is 254 g/mol. The summed E-state index contributed by atoms with van der Waals surface area (Å²) in [6.45, 7) is 3.73. The summed E-state index contributed by atoms with van der Waals surface area (Å²) in [5.41, 5.74) is 0.600. The van der Waals surface area contributed by atoms with Crippen molar-refractivity contribution in [3.63, 3.8) is 0 Å². The van der Waals surface area contributed by atoms with E-state index in [-0.39, 0.29) is 17.4 Å². The van der Waals surface area contributed by atoms with Crippen LogP contribution in [0.4, 0.5) is 0 Å². The molecule has 0 aromatic carbocycles. The smallest absolute Gasteiger partial charge is 0.276 e. The summed E-state index contributed by atoms with van der Waals surface area (Å²) in [7, 11) is 0. The minimum atomic E-state index is -0.146. The topological polar surface area (TPSA) is 65.5 Å². The van der Waals surface area contributed by atoms with E-state index in [1.165, 1.54) is 18.9 Å². The number of aromatic nitrogens is 1. The van der Waals surface area contributed by atoms with Crippen LogP contribution >= 0.6 is 0 Å². The van der Waals surface area contributed by atoms with Crippen molar-refractivity contribution in [2.24, 2.45) is 5.41 Å². The van der Waals surface area contributed by atoms with Crippen LogP contribution in [0.1, 0.15) is 36.2 Å². The predicted octanol–water partition coefficient (Wildman–Crippen LogP) is 1.39. The van der Waals surface area contributed by atoms with Crippen molar-refractivity contribution < 1.29 is 9.90 Å². The van der Waals surface area contributed by atoms with Gasteiger partial charge in [-0.15, -0.1) is 0 Å². The zero-order valence-corrected chi connectivity index (χ0v) is 11.6. The minimum Gasteiger partial charge on any atom is -0.505 e. The lowest BCUT2D eigenvalue weighted by molar-refractivity contribution is 0.0488. The molecule has 0 saturated carbocycles. The molecule has 1 aromatic heterocycles. The van der Waals surface area contributed by atoms with Crippen LogP contribution in [0.5, 0.6) is 5.75 Å². The summed E-state index contributed by atoms with van der Waals surface area (Å²) < 4.78 is 0. The van der Waals surface area contributed by atoms with Crippen LogP contribution in [0.15, 0.2) is 18.3 Å². The van der Waals surface area contributed by atoms with Crippen molar-refractivity contribution >= 4 is 5.91 Å². The van der Waals surface area contributed by atoms with Gasteiger partial charge in [-0.1, -0.05) is 0 Å². The third-order valence-electron chi connectivity index (χ3n) is 4.76. The van der Waals surface area contributed by atoms with Gasteiger partial charge in [-0.3, -0.25) is 4.79 Å². The quantitative estimate of drug-likeness (QED) is 0.813. The number of rotatable bonds is 1. The van der Waals surface area contributed by atoms with E-state index in [1.54, 1.807) is 12.3 Å². The van der Waals surface area contributed by atoms with Crippen LogP contribution < -0.4 is 5.32 Å². The van der Waals surface area contributed by atoms with E-state index in [1.807, 2.05) is 4.90 Å². The summed E-state index contributed by atoms with van der Waals surface area (Å²) >= 11 is 0. The Kier molecular flexibility index (Phi) is 3.61. The van der Waals surface area contributed by atoms with Crippen LogP contribution in [-0.2, 0) is 0 Å². The Bertz CT molecular complexity index is 488. The van der Waals surface area contributed by atoms with Crippen molar-refractivity contribution in [1.29, 1.82) is 0 Å². The van der Waals surface area contributed by atoms with E-state index in [0.717, 1.165) is 39.0 Å². The number of hydrogen-bond acceptors (Lipinski definition) is 4. The lowest BCUT2D eigenvalue weighted by atomic mass is 9.71. The SMILES string of the molecule is O=C(c1ncccc1O)N1CCC2(CCNCC2)CC1. The highest BCUT2D eigenvalue weighted by atomic mass is 16.3. The molecule has 2 fully saturated rings. The molecule has 2 aliphatic heterocycles. The molecule has 2 saturated heterocycles. The highest BCUT2D eigenvalue weighted by Gasteiger charge is 2.37. The highest BCUT2D eigenvalue weighted by molar-refractivity contribution is 5.94. The molecule has 108 valence electrons. The van der Waals surface area contributed by atoms with Crippen molar-refractivity contribution in [2.45, 2.75) is 25.7 Å². The maximum Gasteiger partial charge on any atom is 0.276 e. The number of likely N-dealkylation sites (tertiary alicyclic amines) is 1. The molecule has 3 rings (SSSR count). The van der Waals surface area contributed by atoms with Gasteiger partial charge in [0.15, 0.2) is 5.69 Å². The van der Waals surface area contributed by atoms with E-state index in [2.05, 4.69) is 10.3 Å². The Hall–Kier alpha value is -1.62. The lowest BCUT2D eigenvalue weighted by Crippen LogP contribution is -2.47. The number of pyridine rings is 1. The summed E-state index contributed by atoms with van der Waals surface area (Å²) in [5.74, 6) is -0.175. The second-order valence-corrected chi connectivity index (χ2v) is 5.91. The average Bonchev–Trinajstić information content (AvgIpc) is 2.49. The number of aromatic hydroxyl groups is 1. The van der Waals surface area contributed by atoms with E-state index in [9.17, 15) is 9.90 Å². The van der Waals surface area contributed by atoms with Gasteiger partial charge < -0.3 is 15.3 Å². The monoisotopic (exact) mass is 275 g/mol. The molecule has 0 bridgehead atoms. The van der Waals surface area contributed by atoms with Gasteiger partial charge in [0.2, 0.25) is 0 Å². The van der Waals surface area contributed by atoms with E-state index < -0.39 is 0 Å². The first-order valence-electron chi connectivity index (χ1n) is 7.34. The molecule has 0 radical (unpaired) electrons. The molecule has 5 heteroatoms. The average molecular weight is 275 g/mol. The van der Waals surface area contributed by atoms with Crippen LogP contribution in [0.2, 0.25) is 0 Å². The maximum atomic E-state index is 12.4. The largest absolute Gasteiger partial charge is 0.505 e. The number of carbonyl (C=O) groups is 1. The molecular formula is C15H21N3O2. The maximum absolute atomic E-state index is 12.4. The number of amides is 1. The highest BCUT2D eigenvalue weighted by Crippen LogP contribution is 2.39. The number of hydrogen-bond donors (Lipinski definition) is 2. The predicted molar refractivity (Wildman–Crippen MR) is 75.6 cm³/mol. The fourth-order valence-corrected chi connectivity index (χ4v) is 3.35. The van der Waals surface area contributed by atoms with Crippen molar-refractivity contribution in [1.82, 2.24) is 15.2 Å².